The highest BCUT2D eigenvalue weighted by Crippen LogP contribution is 2.30. The molecule has 0 aromatic carbocycles. The average Bonchev–Trinajstić information content (AvgIpc) is 3.19. The van der Waals surface area contributed by atoms with E-state index in [1.165, 1.54) is 89.9 Å². The van der Waals surface area contributed by atoms with E-state index in [-0.39, 0.29) is 12.5 Å². The molecular formula is C42H81NO13. The molecule has 2 aliphatic heterocycles. The number of rotatable bonds is 33. The predicted molar refractivity (Wildman–Crippen MR) is 212 cm³/mol. The van der Waals surface area contributed by atoms with E-state index in [2.05, 4.69) is 19.2 Å². The van der Waals surface area contributed by atoms with Crippen LogP contribution in [-0.2, 0) is 23.7 Å². The zero-order valence-electron chi connectivity index (χ0n) is 34.6. The predicted octanol–water partition coefficient (Wildman–Crippen LogP) is 3.88. The van der Waals surface area contributed by atoms with Crippen molar-refractivity contribution in [3.05, 3.63) is 0 Å². The Morgan fingerprint density at radius 1 is 0.571 bits per heavy atom. The molecule has 332 valence electrons. The SMILES string of the molecule is CCCCCCCCCCCCCC(=O)NC(COC1OC(CO)C(OC2OC(CO)C(O)C(O)C2O)C(O)C1O)C(O)CCCCCCCCCCCCC. The Labute approximate surface area is 336 Å². The number of hydrogen-bond acceptors (Lipinski definition) is 13. The Bertz CT molecular complexity index is 962. The number of aliphatic hydroxyl groups is 8. The van der Waals surface area contributed by atoms with E-state index in [1.54, 1.807) is 0 Å². The molecule has 9 N–H and O–H groups in total. The smallest absolute Gasteiger partial charge is 0.220 e. The summed E-state index contributed by atoms with van der Waals surface area (Å²) in [6.45, 7) is 2.81. The lowest BCUT2D eigenvalue weighted by molar-refractivity contribution is -0.359. The lowest BCUT2D eigenvalue weighted by atomic mass is 9.97. The highest BCUT2D eigenvalue weighted by Gasteiger charge is 2.51. The molecule has 0 aromatic rings. The number of carbonyl (C=O) groups excluding carboxylic acids is 1. The van der Waals surface area contributed by atoms with E-state index in [9.17, 15) is 45.6 Å². The number of unbranched alkanes of at least 4 members (excludes halogenated alkanes) is 20. The van der Waals surface area contributed by atoms with Crippen LogP contribution in [0.5, 0.6) is 0 Å². The summed E-state index contributed by atoms with van der Waals surface area (Å²) in [5.41, 5.74) is 0. The van der Waals surface area contributed by atoms with Gasteiger partial charge in [-0.1, -0.05) is 149 Å². The number of nitrogens with one attached hydrogen (secondary N) is 1. The molecule has 14 heteroatoms. The normalized spacial score (nSPS) is 29.3. The van der Waals surface area contributed by atoms with Crippen molar-refractivity contribution in [2.24, 2.45) is 0 Å². The first kappa shape index (κ1) is 51.1. The van der Waals surface area contributed by atoms with Gasteiger partial charge in [0.2, 0.25) is 5.91 Å². The fourth-order valence-corrected chi connectivity index (χ4v) is 7.59. The maximum Gasteiger partial charge on any atom is 0.220 e. The maximum absolute atomic E-state index is 13.1. The molecular weight excluding hydrogens is 726 g/mol. The van der Waals surface area contributed by atoms with Gasteiger partial charge in [0.05, 0.1) is 32.0 Å². The van der Waals surface area contributed by atoms with E-state index in [0.717, 1.165) is 51.4 Å². The minimum absolute atomic E-state index is 0.209. The Morgan fingerprint density at radius 3 is 1.52 bits per heavy atom. The Balaban J connectivity index is 1.90. The molecule has 2 fully saturated rings. The summed E-state index contributed by atoms with van der Waals surface area (Å²) in [4.78, 5) is 13.1. The van der Waals surface area contributed by atoms with Gasteiger partial charge in [0.15, 0.2) is 12.6 Å². The number of amides is 1. The molecule has 14 nitrogen and oxygen atoms in total. The zero-order valence-corrected chi connectivity index (χ0v) is 34.6. The highest BCUT2D eigenvalue weighted by molar-refractivity contribution is 5.76. The van der Waals surface area contributed by atoms with Gasteiger partial charge in [-0.25, -0.2) is 0 Å². The third-order valence-electron chi connectivity index (χ3n) is 11.3. The molecule has 0 spiro atoms. The number of hydrogen-bond donors (Lipinski definition) is 9. The lowest BCUT2D eigenvalue weighted by Gasteiger charge is -2.46. The summed E-state index contributed by atoms with van der Waals surface area (Å²) >= 11 is 0. The summed E-state index contributed by atoms with van der Waals surface area (Å²) in [7, 11) is 0. The summed E-state index contributed by atoms with van der Waals surface area (Å²) in [6, 6.07) is -0.818. The van der Waals surface area contributed by atoms with Crippen molar-refractivity contribution in [1.82, 2.24) is 5.32 Å². The quantitative estimate of drug-likeness (QED) is 0.0430. The van der Waals surface area contributed by atoms with Crippen molar-refractivity contribution in [2.75, 3.05) is 19.8 Å². The second kappa shape index (κ2) is 30.9. The van der Waals surface area contributed by atoms with Crippen molar-refractivity contribution in [3.63, 3.8) is 0 Å². The van der Waals surface area contributed by atoms with Crippen molar-refractivity contribution >= 4 is 5.91 Å². The van der Waals surface area contributed by atoms with Gasteiger partial charge in [0.25, 0.3) is 0 Å². The van der Waals surface area contributed by atoms with Crippen LogP contribution in [0, 0.1) is 0 Å². The summed E-state index contributed by atoms with van der Waals surface area (Å²) in [6.07, 6.45) is 9.76. The van der Waals surface area contributed by atoms with Gasteiger partial charge in [0.1, 0.15) is 48.8 Å². The van der Waals surface area contributed by atoms with Gasteiger partial charge in [-0.3, -0.25) is 4.79 Å². The van der Waals surface area contributed by atoms with E-state index < -0.39 is 86.8 Å². The first-order chi connectivity index (χ1) is 27.1. The number of aliphatic hydroxyl groups excluding tert-OH is 8. The third kappa shape index (κ3) is 19.4. The molecule has 12 unspecified atom stereocenters. The van der Waals surface area contributed by atoms with Gasteiger partial charge in [-0.05, 0) is 12.8 Å². The Hall–Kier alpha value is -1.01. The van der Waals surface area contributed by atoms with E-state index in [4.69, 9.17) is 18.9 Å². The van der Waals surface area contributed by atoms with Crippen LogP contribution < -0.4 is 5.32 Å². The van der Waals surface area contributed by atoms with Crippen molar-refractivity contribution in [2.45, 2.75) is 242 Å². The van der Waals surface area contributed by atoms with Crippen LogP contribution in [0.3, 0.4) is 0 Å². The average molecular weight is 808 g/mol. The van der Waals surface area contributed by atoms with E-state index in [0.29, 0.717) is 12.8 Å². The monoisotopic (exact) mass is 808 g/mol. The maximum atomic E-state index is 13.1. The Morgan fingerprint density at radius 2 is 1.02 bits per heavy atom. The molecule has 56 heavy (non-hydrogen) atoms. The largest absolute Gasteiger partial charge is 0.394 e. The molecule has 0 saturated carbocycles. The summed E-state index contributed by atoms with van der Waals surface area (Å²) < 4.78 is 22.6. The molecule has 2 saturated heterocycles. The summed E-state index contributed by atoms with van der Waals surface area (Å²) in [5, 5.41) is 86.4. The molecule has 0 aliphatic carbocycles. The van der Waals surface area contributed by atoms with Gasteiger partial charge in [-0.15, -0.1) is 0 Å². The van der Waals surface area contributed by atoms with E-state index >= 15 is 0 Å². The van der Waals surface area contributed by atoms with Crippen LogP contribution >= 0.6 is 0 Å². The highest BCUT2D eigenvalue weighted by atomic mass is 16.7. The fraction of sp³-hybridized carbons (Fsp3) is 0.976. The number of carbonyl (C=O) groups is 1. The zero-order chi connectivity index (χ0) is 41.1. The minimum Gasteiger partial charge on any atom is -0.394 e. The van der Waals surface area contributed by atoms with Crippen LogP contribution in [0.25, 0.3) is 0 Å². The van der Waals surface area contributed by atoms with Crippen LogP contribution in [0.2, 0.25) is 0 Å². The van der Waals surface area contributed by atoms with Crippen molar-refractivity contribution in [1.29, 1.82) is 0 Å². The Kier molecular flexibility index (Phi) is 28.3. The topological polar surface area (TPSA) is 228 Å². The molecule has 2 heterocycles. The van der Waals surface area contributed by atoms with Gasteiger partial charge >= 0.3 is 0 Å². The van der Waals surface area contributed by atoms with Crippen molar-refractivity contribution in [3.8, 4) is 0 Å². The molecule has 2 rings (SSSR count). The second-order valence-corrected chi connectivity index (χ2v) is 16.2. The standard InChI is InChI=1S/C42H81NO13/c1-3-5-7-9-11-13-15-17-19-21-23-25-31(46)30(43-34(47)26-24-22-20-18-16-14-12-10-8-6-4-2)29-53-41-39(52)37(50)40(33(28-45)55-41)56-42-38(51)36(49)35(48)32(27-44)54-42/h30-33,35-42,44-46,48-52H,3-29H2,1-2H3,(H,43,47). The van der Waals surface area contributed by atoms with Crippen LogP contribution in [0.4, 0.5) is 0 Å². The number of ether oxygens (including phenoxy) is 4. The molecule has 2 aliphatic rings. The molecule has 1 amide bonds. The van der Waals surface area contributed by atoms with Gasteiger partial charge in [-0.2, -0.15) is 0 Å². The lowest BCUT2D eigenvalue weighted by Crippen LogP contribution is -2.65. The third-order valence-corrected chi connectivity index (χ3v) is 11.3. The van der Waals surface area contributed by atoms with Gasteiger partial charge in [0, 0.05) is 6.42 Å². The second-order valence-electron chi connectivity index (χ2n) is 16.2. The fourth-order valence-electron chi connectivity index (χ4n) is 7.59. The first-order valence-electron chi connectivity index (χ1n) is 22.3. The first-order valence-corrected chi connectivity index (χ1v) is 22.3. The van der Waals surface area contributed by atoms with Crippen LogP contribution in [0.1, 0.15) is 168 Å². The minimum atomic E-state index is -1.78. The van der Waals surface area contributed by atoms with E-state index in [1.807, 2.05) is 0 Å². The molecule has 0 aromatic heterocycles. The van der Waals surface area contributed by atoms with Gasteiger partial charge < -0.3 is 65.1 Å². The molecule has 0 radical (unpaired) electrons. The molecule has 12 atom stereocenters. The van der Waals surface area contributed by atoms with Crippen LogP contribution in [0.15, 0.2) is 0 Å². The van der Waals surface area contributed by atoms with Crippen LogP contribution in [-0.4, -0.2) is 140 Å². The molecule has 0 bridgehead atoms. The summed E-state index contributed by atoms with van der Waals surface area (Å²) in [5.74, 6) is -0.209. The van der Waals surface area contributed by atoms with Crippen molar-refractivity contribution < 1.29 is 64.6 Å².